The third-order valence-electron chi connectivity index (χ3n) is 3.38. The number of methoxy groups -OCH3 is 1. The maximum absolute atomic E-state index is 12.4. The summed E-state index contributed by atoms with van der Waals surface area (Å²) in [6.45, 7) is 0.475. The number of ether oxygens (including phenoxy) is 1. The summed E-state index contributed by atoms with van der Waals surface area (Å²) in [5.41, 5.74) is 0.742. The Morgan fingerprint density at radius 3 is 2.63 bits per heavy atom. The number of amides is 1. The molecule has 1 aromatic carbocycles. The zero-order chi connectivity index (χ0) is 13.8. The minimum absolute atomic E-state index is 0.279. The highest BCUT2D eigenvalue weighted by Crippen LogP contribution is 2.25. The van der Waals surface area contributed by atoms with E-state index in [0.29, 0.717) is 19.4 Å². The molecule has 5 heteroatoms. The van der Waals surface area contributed by atoms with Crippen molar-refractivity contribution in [2.24, 2.45) is 0 Å². The van der Waals surface area contributed by atoms with Gasteiger partial charge in [0, 0.05) is 13.7 Å². The van der Waals surface area contributed by atoms with Gasteiger partial charge in [-0.3, -0.25) is 4.79 Å². The fraction of sp³-hybridized carbons (Fsp3) is 0.429. The van der Waals surface area contributed by atoms with Crippen LogP contribution in [-0.2, 0) is 14.3 Å². The molecule has 2 atom stereocenters. The highest BCUT2D eigenvalue weighted by Gasteiger charge is 2.37. The van der Waals surface area contributed by atoms with Crippen LogP contribution in [0.25, 0.3) is 0 Å². The van der Waals surface area contributed by atoms with Crippen molar-refractivity contribution in [3.8, 4) is 0 Å². The summed E-state index contributed by atoms with van der Waals surface area (Å²) in [5.74, 6) is -1.23. The monoisotopic (exact) mass is 263 g/mol. The number of aliphatic carboxylic acids is 1. The van der Waals surface area contributed by atoms with Gasteiger partial charge in [0.05, 0.1) is 0 Å². The summed E-state index contributed by atoms with van der Waals surface area (Å²) in [7, 11) is 1.46. The Balaban J connectivity index is 2.19. The standard InChI is InChI=1S/C14H17NO4/c1-19-12(10-6-3-2-4-7-10)13(16)15-9-5-8-11(15)14(17)18/h2-4,6-7,11-12H,5,8-9H2,1H3,(H,17,18)/t11?,12-/m1/s1. The predicted octanol–water partition coefficient (Wildman–Crippen LogP) is 1.45. The molecule has 0 aliphatic carbocycles. The molecule has 0 radical (unpaired) electrons. The van der Waals surface area contributed by atoms with Gasteiger partial charge < -0.3 is 14.7 Å². The van der Waals surface area contributed by atoms with E-state index in [1.165, 1.54) is 12.0 Å². The van der Waals surface area contributed by atoms with Crippen LogP contribution < -0.4 is 0 Å². The molecule has 1 amide bonds. The molecule has 5 nitrogen and oxygen atoms in total. The number of rotatable bonds is 4. The number of likely N-dealkylation sites (tertiary alicyclic amines) is 1. The molecule has 1 aliphatic heterocycles. The molecule has 0 saturated carbocycles. The number of hydrogen-bond acceptors (Lipinski definition) is 3. The molecular weight excluding hydrogens is 246 g/mol. The van der Waals surface area contributed by atoms with Crippen LogP contribution in [0.15, 0.2) is 30.3 Å². The Labute approximate surface area is 111 Å². The molecule has 0 spiro atoms. The summed E-state index contributed by atoms with van der Waals surface area (Å²) in [6, 6.07) is 8.39. The normalized spacial score (nSPS) is 20.3. The lowest BCUT2D eigenvalue weighted by Gasteiger charge is -2.26. The highest BCUT2D eigenvalue weighted by molar-refractivity contribution is 5.87. The van der Waals surface area contributed by atoms with Crippen LogP contribution in [0.1, 0.15) is 24.5 Å². The van der Waals surface area contributed by atoms with Crippen molar-refractivity contribution in [1.29, 1.82) is 0 Å². The van der Waals surface area contributed by atoms with E-state index in [-0.39, 0.29) is 5.91 Å². The third kappa shape index (κ3) is 2.76. The first-order chi connectivity index (χ1) is 9.15. The van der Waals surface area contributed by atoms with E-state index in [9.17, 15) is 9.59 Å². The van der Waals surface area contributed by atoms with E-state index >= 15 is 0 Å². The summed E-state index contributed by atoms with van der Waals surface area (Å²) in [5, 5.41) is 9.12. The minimum Gasteiger partial charge on any atom is -0.480 e. The van der Waals surface area contributed by atoms with Crippen LogP contribution in [-0.4, -0.2) is 41.6 Å². The molecular formula is C14H17NO4. The van der Waals surface area contributed by atoms with Crippen LogP contribution in [0.2, 0.25) is 0 Å². The molecule has 0 bridgehead atoms. The Morgan fingerprint density at radius 2 is 2.05 bits per heavy atom. The largest absolute Gasteiger partial charge is 0.480 e. The first-order valence-electron chi connectivity index (χ1n) is 6.26. The predicted molar refractivity (Wildman–Crippen MR) is 68.6 cm³/mol. The van der Waals surface area contributed by atoms with Crippen LogP contribution in [0.5, 0.6) is 0 Å². The first kappa shape index (κ1) is 13.5. The third-order valence-corrected chi connectivity index (χ3v) is 3.38. The van der Waals surface area contributed by atoms with Crippen molar-refractivity contribution < 1.29 is 19.4 Å². The van der Waals surface area contributed by atoms with E-state index in [1.807, 2.05) is 18.2 Å². The molecule has 1 heterocycles. The number of carboxylic acid groups (broad SMARTS) is 1. The van der Waals surface area contributed by atoms with Crippen molar-refractivity contribution >= 4 is 11.9 Å². The van der Waals surface area contributed by atoms with Gasteiger partial charge in [0.15, 0.2) is 6.10 Å². The smallest absolute Gasteiger partial charge is 0.326 e. The maximum Gasteiger partial charge on any atom is 0.326 e. The van der Waals surface area contributed by atoms with Gasteiger partial charge in [-0.15, -0.1) is 0 Å². The second kappa shape index (κ2) is 5.84. The van der Waals surface area contributed by atoms with Crippen molar-refractivity contribution in [3.05, 3.63) is 35.9 Å². The first-order valence-corrected chi connectivity index (χ1v) is 6.26. The quantitative estimate of drug-likeness (QED) is 0.892. The number of carbonyl (C=O) groups is 2. The van der Waals surface area contributed by atoms with Gasteiger partial charge in [0.25, 0.3) is 5.91 Å². The van der Waals surface area contributed by atoms with Gasteiger partial charge in [-0.2, -0.15) is 0 Å². The van der Waals surface area contributed by atoms with E-state index in [1.54, 1.807) is 12.1 Å². The van der Waals surface area contributed by atoms with Gasteiger partial charge in [-0.1, -0.05) is 30.3 Å². The van der Waals surface area contributed by atoms with Crippen LogP contribution in [0.3, 0.4) is 0 Å². The molecule has 2 rings (SSSR count). The van der Waals surface area contributed by atoms with Gasteiger partial charge >= 0.3 is 5.97 Å². The van der Waals surface area contributed by atoms with E-state index in [2.05, 4.69) is 0 Å². The summed E-state index contributed by atoms with van der Waals surface area (Å²) in [6.07, 6.45) is 0.487. The minimum atomic E-state index is -0.950. The fourth-order valence-corrected chi connectivity index (χ4v) is 2.45. The van der Waals surface area contributed by atoms with Gasteiger partial charge in [0.2, 0.25) is 0 Å². The highest BCUT2D eigenvalue weighted by atomic mass is 16.5. The number of hydrogen-bond donors (Lipinski definition) is 1. The lowest BCUT2D eigenvalue weighted by Crippen LogP contribution is -2.43. The molecule has 19 heavy (non-hydrogen) atoms. The van der Waals surface area contributed by atoms with Crippen molar-refractivity contribution in [2.45, 2.75) is 25.0 Å². The number of carbonyl (C=O) groups excluding carboxylic acids is 1. The van der Waals surface area contributed by atoms with Crippen LogP contribution in [0.4, 0.5) is 0 Å². The van der Waals surface area contributed by atoms with Crippen LogP contribution in [0, 0.1) is 0 Å². The van der Waals surface area contributed by atoms with E-state index < -0.39 is 18.1 Å². The molecule has 1 aliphatic rings. The molecule has 1 N–H and O–H groups in total. The Morgan fingerprint density at radius 1 is 1.37 bits per heavy atom. The summed E-state index contributed by atoms with van der Waals surface area (Å²) < 4.78 is 5.25. The van der Waals surface area contributed by atoms with Gasteiger partial charge in [-0.25, -0.2) is 4.79 Å². The molecule has 102 valence electrons. The topological polar surface area (TPSA) is 66.8 Å². The summed E-state index contributed by atoms with van der Waals surface area (Å²) in [4.78, 5) is 25.0. The van der Waals surface area contributed by atoms with Gasteiger partial charge in [0.1, 0.15) is 6.04 Å². The fourth-order valence-electron chi connectivity index (χ4n) is 2.45. The second-order valence-corrected chi connectivity index (χ2v) is 4.55. The van der Waals surface area contributed by atoms with Crippen molar-refractivity contribution in [2.75, 3.05) is 13.7 Å². The molecule has 0 aromatic heterocycles. The Kier molecular flexibility index (Phi) is 4.16. The van der Waals surface area contributed by atoms with E-state index in [0.717, 1.165) is 5.56 Å². The SMILES string of the molecule is CO[C@@H](C(=O)N1CCCC1C(=O)O)c1ccccc1. The van der Waals surface area contributed by atoms with Crippen molar-refractivity contribution in [3.63, 3.8) is 0 Å². The second-order valence-electron chi connectivity index (χ2n) is 4.55. The molecule has 1 aromatic rings. The maximum atomic E-state index is 12.4. The Hall–Kier alpha value is -1.88. The van der Waals surface area contributed by atoms with Crippen LogP contribution >= 0.6 is 0 Å². The Bertz CT molecular complexity index is 460. The molecule has 1 unspecified atom stereocenters. The summed E-state index contributed by atoms with van der Waals surface area (Å²) >= 11 is 0. The van der Waals surface area contributed by atoms with Gasteiger partial charge in [-0.05, 0) is 18.4 Å². The zero-order valence-corrected chi connectivity index (χ0v) is 10.8. The number of nitrogens with zero attached hydrogens (tertiary/aromatic N) is 1. The lowest BCUT2D eigenvalue weighted by atomic mass is 10.1. The molecule has 1 fully saturated rings. The zero-order valence-electron chi connectivity index (χ0n) is 10.8. The van der Waals surface area contributed by atoms with E-state index in [4.69, 9.17) is 9.84 Å². The number of benzene rings is 1. The average molecular weight is 263 g/mol. The molecule has 1 saturated heterocycles. The average Bonchev–Trinajstić information content (AvgIpc) is 2.90. The van der Waals surface area contributed by atoms with Crippen molar-refractivity contribution in [1.82, 2.24) is 4.90 Å². The lowest BCUT2D eigenvalue weighted by molar-refractivity contribution is -0.153. The number of carboxylic acids is 1.